The van der Waals surface area contributed by atoms with Crippen LogP contribution in [-0.2, 0) is 9.84 Å². The normalized spacial score (nSPS) is 16.4. The van der Waals surface area contributed by atoms with E-state index in [4.69, 9.17) is 4.74 Å². The molecule has 1 amide bonds. The number of carbonyl (C=O) groups is 1. The van der Waals surface area contributed by atoms with Crippen molar-refractivity contribution >= 4 is 15.7 Å². The summed E-state index contributed by atoms with van der Waals surface area (Å²) in [7, 11) is -3.06. The molecule has 0 saturated carbocycles. The largest absolute Gasteiger partial charge is 0.494 e. The Hall–Kier alpha value is -1.56. The van der Waals surface area contributed by atoms with Crippen molar-refractivity contribution < 1.29 is 17.9 Å². The molecule has 6 heteroatoms. The van der Waals surface area contributed by atoms with Crippen LogP contribution in [0.1, 0.15) is 44.0 Å². The zero-order chi connectivity index (χ0) is 17.7. The molecule has 0 aliphatic carbocycles. The Bertz CT molecular complexity index is 644. The lowest BCUT2D eigenvalue weighted by Crippen LogP contribution is -2.43. The van der Waals surface area contributed by atoms with Gasteiger partial charge in [0.1, 0.15) is 5.75 Å². The fourth-order valence-electron chi connectivity index (χ4n) is 3.06. The van der Waals surface area contributed by atoms with Crippen molar-refractivity contribution in [1.29, 1.82) is 0 Å². The van der Waals surface area contributed by atoms with Gasteiger partial charge in [-0.15, -0.1) is 0 Å². The molecule has 1 aliphatic heterocycles. The molecule has 0 bridgehead atoms. The molecule has 0 atom stereocenters. The molecule has 2 rings (SSSR count). The van der Waals surface area contributed by atoms with Crippen molar-refractivity contribution in [2.75, 3.05) is 25.4 Å². The number of nitrogens with zero attached hydrogens (tertiary/aromatic N) is 1. The van der Waals surface area contributed by atoms with Crippen molar-refractivity contribution in [2.24, 2.45) is 5.92 Å². The second kappa shape index (κ2) is 8.01. The number of piperidine rings is 1. The van der Waals surface area contributed by atoms with Gasteiger partial charge in [-0.25, -0.2) is 8.42 Å². The van der Waals surface area contributed by atoms with Crippen LogP contribution in [0.25, 0.3) is 0 Å². The molecule has 1 aromatic rings. The Kier molecular flexibility index (Phi) is 6.27. The predicted octanol–water partition coefficient (Wildman–Crippen LogP) is 2.76. The highest BCUT2D eigenvalue weighted by atomic mass is 32.2. The number of hydrogen-bond acceptors (Lipinski definition) is 4. The first-order valence-corrected chi connectivity index (χ1v) is 10.3. The van der Waals surface area contributed by atoms with Crippen LogP contribution in [0.3, 0.4) is 0 Å². The van der Waals surface area contributed by atoms with Gasteiger partial charge in [0.05, 0.1) is 17.6 Å². The summed E-state index contributed by atoms with van der Waals surface area (Å²) >= 11 is 0. The first-order chi connectivity index (χ1) is 11.3. The van der Waals surface area contributed by atoms with Crippen molar-refractivity contribution in [3.63, 3.8) is 0 Å². The SMILES string of the molecule is CCOc1ccc(C(=O)N2CCC(S(=O)(=O)CC(C)C)CC2)cc1. The van der Waals surface area contributed by atoms with E-state index < -0.39 is 9.84 Å². The first-order valence-electron chi connectivity index (χ1n) is 8.57. The van der Waals surface area contributed by atoms with E-state index in [-0.39, 0.29) is 22.8 Å². The molecule has 0 radical (unpaired) electrons. The van der Waals surface area contributed by atoms with Gasteiger partial charge in [0.2, 0.25) is 0 Å². The van der Waals surface area contributed by atoms with Crippen LogP contribution in [0.4, 0.5) is 0 Å². The fraction of sp³-hybridized carbons (Fsp3) is 0.611. The number of carbonyl (C=O) groups excluding carboxylic acids is 1. The first kappa shape index (κ1) is 18.8. The zero-order valence-electron chi connectivity index (χ0n) is 14.7. The maximum absolute atomic E-state index is 12.5. The molecular weight excluding hydrogens is 326 g/mol. The predicted molar refractivity (Wildman–Crippen MR) is 95.2 cm³/mol. The number of amides is 1. The highest BCUT2D eigenvalue weighted by Gasteiger charge is 2.32. The second-order valence-corrected chi connectivity index (χ2v) is 9.00. The van der Waals surface area contributed by atoms with Gasteiger partial charge >= 0.3 is 0 Å². The number of hydrogen-bond donors (Lipinski definition) is 0. The summed E-state index contributed by atoms with van der Waals surface area (Å²) in [6.07, 6.45) is 1.05. The van der Waals surface area contributed by atoms with Gasteiger partial charge < -0.3 is 9.64 Å². The second-order valence-electron chi connectivity index (χ2n) is 6.67. The lowest BCUT2D eigenvalue weighted by atomic mass is 10.1. The lowest BCUT2D eigenvalue weighted by molar-refractivity contribution is 0.0725. The Morgan fingerprint density at radius 3 is 2.29 bits per heavy atom. The Balaban J connectivity index is 1.95. The average Bonchev–Trinajstić information content (AvgIpc) is 2.54. The molecule has 1 heterocycles. The molecular formula is C18H27NO4S. The van der Waals surface area contributed by atoms with Gasteiger partial charge in [-0.1, -0.05) is 13.8 Å². The van der Waals surface area contributed by atoms with Crippen LogP contribution in [0, 0.1) is 5.92 Å². The smallest absolute Gasteiger partial charge is 0.253 e. The van der Waals surface area contributed by atoms with E-state index in [1.54, 1.807) is 29.2 Å². The van der Waals surface area contributed by atoms with E-state index in [0.717, 1.165) is 5.75 Å². The highest BCUT2D eigenvalue weighted by Crippen LogP contribution is 2.22. The minimum atomic E-state index is -3.06. The van der Waals surface area contributed by atoms with Crippen molar-refractivity contribution in [3.8, 4) is 5.75 Å². The third kappa shape index (κ3) is 4.72. The fourth-order valence-corrected chi connectivity index (χ4v) is 5.19. The maximum atomic E-state index is 12.5. The van der Waals surface area contributed by atoms with Crippen LogP contribution in [0.2, 0.25) is 0 Å². The third-order valence-electron chi connectivity index (χ3n) is 4.21. The van der Waals surface area contributed by atoms with Gasteiger partial charge in [0.25, 0.3) is 5.91 Å². The highest BCUT2D eigenvalue weighted by molar-refractivity contribution is 7.92. The van der Waals surface area contributed by atoms with Gasteiger partial charge in [-0.3, -0.25) is 4.79 Å². The number of rotatable bonds is 6. The Labute approximate surface area is 144 Å². The van der Waals surface area contributed by atoms with Crippen LogP contribution in [0.5, 0.6) is 5.75 Å². The number of ether oxygens (including phenoxy) is 1. The maximum Gasteiger partial charge on any atom is 0.253 e. The molecule has 5 nitrogen and oxygen atoms in total. The monoisotopic (exact) mass is 353 g/mol. The summed E-state index contributed by atoms with van der Waals surface area (Å²) in [6.45, 7) is 7.33. The summed E-state index contributed by atoms with van der Waals surface area (Å²) < 4.78 is 30.0. The van der Waals surface area contributed by atoms with Gasteiger partial charge in [-0.05, 0) is 49.9 Å². The molecule has 0 spiro atoms. The molecule has 0 aromatic heterocycles. The zero-order valence-corrected chi connectivity index (χ0v) is 15.5. The number of benzene rings is 1. The molecule has 1 fully saturated rings. The molecule has 1 saturated heterocycles. The van der Waals surface area contributed by atoms with Crippen LogP contribution < -0.4 is 4.74 Å². The summed E-state index contributed by atoms with van der Waals surface area (Å²) in [6, 6.07) is 7.09. The van der Waals surface area contributed by atoms with Crippen LogP contribution in [0.15, 0.2) is 24.3 Å². The summed E-state index contributed by atoms with van der Waals surface area (Å²) in [5, 5.41) is -0.315. The van der Waals surface area contributed by atoms with Gasteiger partial charge in [-0.2, -0.15) is 0 Å². The topological polar surface area (TPSA) is 63.7 Å². The molecule has 134 valence electrons. The third-order valence-corrected chi connectivity index (χ3v) is 6.83. The molecule has 0 N–H and O–H groups in total. The minimum absolute atomic E-state index is 0.0437. The van der Waals surface area contributed by atoms with Crippen molar-refractivity contribution in [1.82, 2.24) is 4.90 Å². The number of sulfone groups is 1. The van der Waals surface area contributed by atoms with E-state index in [0.29, 0.717) is 38.1 Å². The summed E-state index contributed by atoms with van der Waals surface area (Å²) in [5.41, 5.74) is 0.613. The van der Waals surface area contributed by atoms with E-state index in [1.807, 2.05) is 20.8 Å². The molecule has 24 heavy (non-hydrogen) atoms. The van der Waals surface area contributed by atoms with E-state index in [1.165, 1.54) is 0 Å². The Morgan fingerprint density at radius 1 is 1.21 bits per heavy atom. The van der Waals surface area contributed by atoms with E-state index >= 15 is 0 Å². The van der Waals surface area contributed by atoms with Gasteiger partial charge in [0, 0.05) is 18.7 Å². The molecule has 0 unspecified atom stereocenters. The van der Waals surface area contributed by atoms with E-state index in [2.05, 4.69) is 0 Å². The standard InChI is InChI=1S/C18H27NO4S/c1-4-23-16-7-5-15(6-8-16)18(20)19-11-9-17(10-12-19)24(21,22)13-14(2)3/h5-8,14,17H,4,9-13H2,1-3H3. The van der Waals surface area contributed by atoms with Crippen molar-refractivity contribution in [2.45, 2.75) is 38.9 Å². The van der Waals surface area contributed by atoms with Gasteiger partial charge in [0.15, 0.2) is 9.84 Å². The van der Waals surface area contributed by atoms with Crippen molar-refractivity contribution in [3.05, 3.63) is 29.8 Å². The number of likely N-dealkylation sites (tertiary alicyclic amines) is 1. The lowest BCUT2D eigenvalue weighted by Gasteiger charge is -2.32. The molecule has 1 aliphatic rings. The minimum Gasteiger partial charge on any atom is -0.494 e. The molecule has 1 aromatic carbocycles. The quantitative estimate of drug-likeness (QED) is 0.789. The summed E-state index contributed by atoms with van der Waals surface area (Å²) in [5.74, 6) is 1.06. The van der Waals surface area contributed by atoms with E-state index in [9.17, 15) is 13.2 Å². The average molecular weight is 353 g/mol. The van der Waals surface area contributed by atoms with Crippen LogP contribution in [-0.4, -0.2) is 49.9 Å². The Morgan fingerprint density at radius 2 is 1.79 bits per heavy atom. The van der Waals surface area contributed by atoms with Crippen LogP contribution >= 0.6 is 0 Å². The summed E-state index contributed by atoms with van der Waals surface area (Å²) in [4.78, 5) is 14.3.